The van der Waals surface area contributed by atoms with Crippen LogP contribution in [-0.4, -0.2) is 34.4 Å². The maximum absolute atomic E-state index is 10.6. The second kappa shape index (κ2) is 5.31. The van der Waals surface area contributed by atoms with Gasteiger partial charge in [-0.15, -0.1) is 10.2 Å². The van der Waals surface area contributed by atoms with Gasteiger partial charge in [-0.25, -0.2) is 0 Å². The Labute approximate surface area is 104 Å². The van der Waals surface area contributed by atoms with E-state index in [0.29, 0.717) is 5.15 Å². The summed E-state index contributed by atoms with van der Waals surface area (Å²) in [6, 6.07) is 3.56. The molecule has 92 valence electrons. The molecule has 1 fully saturated rings. The van der Waals surface area contributed by atoms with Crippen LogP contribution >= 0.6 is 11.6 Å². The minimum atomic E-state index is -0.713. The molecule has 17 heavy (non-hydrogen) atoms. The highest BCUT2D eigenvalue weighted by Crippen LogP contribution is 2.23. The molecular formula is C11H14ClN3O2. The average molecular weight is 256 g/mol. The van der Waals surface area contributed by atoms with Crippen molar-refractivity contribution in [1.29, 1.82) is 0 Å². The molecule has 0 aromatic carbocycles. The van der Waals surface area contributed by atoms with Gasteiger partial charge in [-0.1, -0.05) is 11.6 Å². The van der Waals surface area contributed by atoms with Crippen molar-refractivity contribution in [3.8, 4) is 0 Å². The molecule has 5 nitrogen and oxygen atoms in total. The minimum absolute atomic E-state index is 0.264. The Balaban J connectivity index is 1.90. The van der Waals surface area contributed by atoms with Gasteiger partial charge in [0.25, 0.3) is 0 Å². The summed E-state index contributed by atoms with van der Waals surface area (Å²) in [6.07, 6.45) is 2.04. The van der Waals surface area contributed by atoms with Crippen LogP contribution in [0.5, 0.6) is 0 Å². The van der Waals surface area contributed by atoms with E-state index in [4.69, 9.17) is 16.7 Å². The summed E-state index contributed by atoms with van der Waals surface area (Å²) in [7, 11) is 0. The lowest BCUT2D eigenvalue weighted by atomic mass is 9.94. The van der Waals surface area contributed by atoms with E-state index in [1.54, 1.807) is 6.07 Å². The van der Waals surface area contributed by atoms with Crippen LogP contribution in [0.2, 0.25) is 5.15 Å². The number of halogens is 1. The Morgan fingerprint density at radius 2 is 2.12 bits per heavy atom. The van der Waals surface area contributed by atoms with E-state index in [1.807, 2.05) is 6.07 Å². The van der Waals surface area contributed by atoms with E-state index in [1.165, 1.54) is 0 Å². The van der Waals surface area contributed by atoms with Gasteiger partial charge in [-0.3, -0.25) is 4.79 Å². The number of piperidine rings is 1. The largest absolute Gasteiger partial charge is 0.481 e. The Morgan fingerprint density at radius 3 is 2.65 bits per heavy atom. The molecule has 1 aliphatic heterocycles. The number of hydrogen-bond acceptors (Lipinski definition) is 4. The summed E-state index contributed by atoms with van der Waals surface area (Å²) in [5.74, 6) is 0.377. The molecule has 1 N–H and O–H groups in total. The van der Waals surface area contributed by atoms with Gasteiger partial charge in [0.1, 0.15) is 0 Å². The second-order valence-electron chi connectivity index (χ2n) is 4.24. The number of anilines is 1. The lowest BCUT2D eigenvalue weighted by molar-refractivity contribution is -0.138. The molecule has 0 atom stereocenters. The second-order valence-corrected chi connectivity index (χ2v) is 4.63. The fourth-order valence-corrected chi connectivity index (χ4v) is 2.19. The normalized spacial score (nSPS) is 17.1. The molecule has 0 radical (unpaired) electrons. The molecule has 0 saturated carbocycles. The Morgan fingerprint density at radius 1 is 1.41 bits per heavy atom. The van der Waals surface area contributed by atoms with Crippen molar-refractivity contribution in [1.82, 2.24) is 10.2 Å². The van der Waals surface area contributed by atoms with E-state index in [2.05, 4.69) is 15.1 Å². The van der Waals surface area contributed by atoms with Crippen molar-refractivity contribution < 1.29 is 9.90 Å². The minimum Gasteiger partial charge on any atom is -0.481 e. The molecule has 1 saturated heterocycles. The van der Waals surface area contributed by atoms with Crippen molar-refractivity contribution >= 4 is 23.4 Å². The lowest BCUT2D eigenvalue weighted by Gasteiger charge is -2.31. The van der Waals surface area contributed by atoms with Gasteiger partial charge in [-0.2, -0.15) is 0 Å². The molecule has 1 aliphatic rings. The highest BCUT2D eigenvalue weighted by Gasteiger charge is 2.22. The highest BCUT2D eigenvalue weighted by atomic mass is 35.5. The first-order valence-electron chi connectivity index (χ1n) is 5.61. The quantitative estimate of drug-likeness (QED) is 0.892. The smallest absolute Gasteiger partial charge is 0.303 e. The number of carbonyl (C=O) groups is 1. The summed E-state index contributed by atoms with van der Waals surface area (Å²) in [4.78, 5) is 12.7. The standard InChI is InChI=1S/C11H14ClN3O2/c12-9-1-2-10(14-13-9)15-5-3-8(4-6-15)7-11(16)17/h1-2,8H,3-7H2,(H,16,17). The van der Waals surface area contributed by atoms with Crippen LogP contribution in [0.3, 0.4) is 0 Å². The van der Waals surface area contributed by atoms with E-state index in [0.717, 1.165) is 31.7 Å². The number of aromatic nitrogens is 2. The Kier molecular flexibility index (Phi) is 3.78. The summed E-state index contributed by atoms with van der Waals surface area (Å²) < 4.78 is 0. The van der Waals surface area contributed by atoms with Gasteiger partial charge in [0.05, 0.1) is 0 Å². The third-order valence-electron chi connectivity index (χ3n) is 3.02. The van der Waals surface area contributed by atoms with Crippen LogP contribution < -0.4 is 4.90 Å². The van der Waals surface area contributed by atoms with Crippen LogP contribution in [0.1, 0.15) is 19.3 Å². The predicted octanol–water partition coefficient (Wildman–Crippen LogP) is 1.82. The van der Waals surface area contributed by atoms with E-state index >= 15 is 0 Å². The van der Waals surface area contributed by atoms with E-state index < -0.39 is 5.97 Å². The zero-order chi connectivity index (χ0) is 12.3. The molecule has 0 spiro atoms. The van der Waals surface area contributed by atoms with Crippen molar-refractivity contribution in [3.63, 3.8) is 0 Å². The first kappa shape index (κ1) is 12.1. The van der Waals surface area contributed by atoms with Gasteiger partial charge in [0.15, 0.2) is 11.0 Å². The molecule has 2 heterocycles. The molecule has 1 aromatic heterocycles. The predicted molar refractivity (Wildman–Crippen MR) is 64.2 cm³/mol. The van der Waals surface area contributed by atoms with Crippen molar-refractivity contribution in [2.75, 3.05) is 18.0 Å². The number of carboxylic acid groups (broad SMARTS) is 1. The number of hydrogen-bond donors (Lipinski definition) is 1. The monoisotopic (exact) mass is 255 g/mol. The van der Waals surface area contributed by atoms with Gasteiger partial charge < -0.3 is 10.0 Å². The fraction of sp³-hybridized carbons (Fsp3) is 0.545. The summed E-state index contributed by atoms with van der Waals surface area (Å²) >= 11 is 5.67. The summed E-state index contributed by atoms with van der Waals surface area (Å²) in [5, 5.41) is 16.9. The summed E-state index contributed by atoms with van der Waals surface area (Å²) in [6.45, 7) is 1.66. The van der Waals surface area contributed by atoms with Crippen LogP contribution in [0.15, 0.2) is 12.1 Å². The molecular weight excluding hydrogens is 242 g/mol. The van der Waals surface area contributed by atoms with Gasteiger partial charge in [0, 0.05) is 19.5 Å². The van der Waals surface area contributed by atoms with Crippen molar-refractivity contribution in [2.24, 2.45) is 5.92 Å². The van der Waals surface area contributed by atoms with Crippen LogP contribution in [-0.2, 0) is 4.79 Å². The maximum Gasteiger partial charge on any atom is 0.303 e. The topological polar surface area (TPSA) is 66.3 Å². The molecule has 1 aromatic rings. The van der Waals surface area contributed by atoms with E-state index in [9.17, 15) is 4.79 Å². The van der Waals surface area contributed by atoms with Crippen molar-refractivity contribution in [3.05, 3.63) is 17.3 Å². The molecule has 0 bridgehead atoms. The highest BCUT2D eigenvalue weighted by molar-refractivity contribution is 6.29. The molecule has 6 heteroatoms. The molecule has 0 amide bonds. The number of aliphatic carboxylic acids is 1. The molecule has 2 rings (SSSR count). The number of nitrogens with zero attached hydrogens (tertiary/aromatic N) is 3. The fourth-order valence-electron chi connectivity index (χ4n) is 2.09. The number of carboxylic acids is 1. The zero-order valence-electron chi connectivity index (χ0n) is 9.34. The third-order valence-corrected chi connectivity index (χ3v) is 3.22. The first-order valence-corrected chi connectivity index (χ1v) is 5.99. The average Bonchev–Trinajstić information content (AvgIpc) is 2.30. The van der Waals surface area contributed by atoms with Gasteiger partial charge in [-0.05, 0) is 30.9 Å². The van der Waals surface area contributed by atoms with E-state index in [-0.39, 0.29) is 12.3 Å². The van der Waals surface area contributed by atoms with Gasteiger partial charge >= 0.3 is 5.97 Å². The lowest BCUT2D eigenvalue weighted by Crippen LogP contribution is -2.35. The molecule has 0 aliphatic carbocycles. The van der Waals surface area contributed by atoms with Crippen LogP contribution in [0, 0.1) is 5.92 Å². The summed E-state index contributed by atoms with van der Waals surface area (Å²) in [5.41, 5.74) is 0. The SMILES string of the molecule is O=C(O)CC1CCN(c2ccc(Cl)nn2)CC1. The van der Waals surface area contributed by atoms with Crippen LogP contribution in [0.4, 0.5) is 5.82 Å². The van der Waals surface area contributed by atoms with Crippen molar-refractivity contribution in [2.45, 2.75) is 19.3 Å². The van der Waals surface area contributed by atoms with Crippen LogP contribution in [0.25, 0.3) is 0 Å². The maximum atomic E-state index is 10.6. The number of rotatable bonds is 3. The Hall–Kier alpha value is -1.36. The Bertz CT molecular complexity index is 388. The third kappa shape index (κ3) is 3.30. The zero-order valence-corrected chi connectivity index (χ0v) is 10.1. The first-order chi connectivity index (χ1) is 8.15. The molecule has 0 unspecified atom stereocenters. The van der Waals surface area contributed by atoms with Gasteiger partial charge in [0.2, 0.25) is 0 Å².